The number of methoxy groups -OCH3 is 1. The van der Waals surface area contributed by atoms with E-state index in [2.05, 4.69) is 27.8 Å². The number of anilines is 1. The fourth-order valence-corrected chi connectivity index (χ4v) is 4.76. The highest BCUT2D eigenvalue weighted by Gasteiger charge is 2.36. The molecular weight excluding hydrogens is 358 g/mol. The van der Waals surface area contributed by atoms with E-state index in [0.29, 0.717) is 5.41 Å². The monoisotopic (exact) mass is 393 g/mol. The molecule has 1 aromatic rings. The van der Waals surface area contributed by atoms with Gasteiger partial charge in [0.25, 0.3) is 0 Å². The molecule has 1 aliphatic heterocycles. The highest BCUT2D eigenvalue weighted by molar-refractivity contribution is 7.13. The van der Waals surface area contributed by atoms with Crippen molar-refractivity contribution < 1.29 is 4.74 Å². The molecule has 2 heterocycles. The van der Waals surface area contributed by atoms with E-state index in [4.69, 9.17) is 14.7 Å². The summed E-state index contributed by atoms with van der Waals surface area (Å²) in [5.74, 6) is 0.927. The molecule has 3 rings (SSSR count). The molecule has 27 heavy (non-hydrogen) atoms. The maximum atomic E-state index is 5.29. The van der Waals surface area contributed by atoms with Crippen LogP contribution in [-0.4, -0.2) is 57.4 Å². The van der Waals surface area contributed by atoms with Crippen molar-refractivity contribution in [3.05, 3.63) is 11.1 Å². The van der Waals surface area contributed by atoms with Crippen LogP contribution in [0, 0.1) is 5.41 Å². The standard InChI is InChI=1S/C20H35N5OS/c1-3-21-18(23-16-20(8-6-9-20)10-14-26-2)22-11-7-17-15-27-19(24-17)25-12-4-5-13-25/h15H,3-14,16H2,1-2H3,(H2,21,22,23). The topological polar surface area (TPSA) is 61.8 Å². The van der Waals surface area contributed by atoms with Crippen LogP contribution >= 0.6 is 11.3 Å². The molecule has 0 amide bonds. The fraction of sp³-hybridized carbons (Fsp3) is 0.800. The van der Waals surface area contributed by atoms with Gasteiger partial charge >= 0.3 is 0 Å². The summed E-state index contributed by atoms with van der Waals surface area (Å²) < 4.78 is 5.29. The Balaban J connectivity index is 1.46. The van der Waals surface area contributed by atoms with Crippen molar-refractivity contribution in [1.29, 1.82) is 0 Å². The second kappa shape index (κ2) is 10.3. The minimum Gasteiger partial charge on any atom is -0.385 e. The maximum absolute atomic E-state index is 5.29. The maximum Gasteiger partial charge on any atom is 0.191 e. The van der Waals surface area contributed by atoms with Crippen molar-refractivity contribution in [3.63, 3.8) is 0 Å². The second-order valence-corrected chi connectivity index (χ2v) is 8.62. The van der Waals surface area contributed by atoms with Gasteiger partial charge in [-0.15, -0.1) is 11.3 Å². The van der Waals surface area contributed by atoms with Crippen LogP contribution in [0.4, 0.5) is 5.13 Å². The summed E-state index contributed by atoms with van der Waals surface area (Å²) in [5, 5.41) is 10.3. The molecular formula is C20H35N5OS. The van der Waals surface area contributed by atoms with E-state index in [-0.39, 0.29) is 0 Å². The van der Waals surface area contributed by atoms with E-state index in [9.17, 15) is 0 Å². The lowest BCUT2D eigenvalue weighted by molar-refractivity contribution is 0.0778. The molecule has 2 fully saturated rings. The Kier molecular flexibility index (Phi) is 7.76. The van der Waals surface area contributed by atoms with E-state index < -0.39 is 0 Å². The van der Waals surface area contributed by atoms with Crippen molar-refractivity contribution in [3.8, 4) is 0 Å². The number of nitrogens with zero attached hydrogens (tertiary/aromatic N) is 3. The van der Waals surface area contributed by atoms with Crippen LogP contribution in [0.1, 0.15) is 51.1 Å². The van der Waals surface area contributed by atoms with Crippen LogP contribution in [0.15, 0.2) is 10.4 Å². The van der Waals surface area contributed by atoms with Gasteiger partial charge in [0.2, 0.25) is 0 Å². The van der Waals surface area contributed by atoms with Gasteiger partial charge in [-0.2, -0.15) is 0 Å². The van der Waals surface area contributed by atoms with Gasteiger partial charge in [-0.25, -0.2) is 4.98 Å². The van der Waals surface area contributed by atoms with Gasteiger partial charge in [0.1, 0.15) is 0 Å². The van der Waals surface area contributed by atoms with Crippen LogP contribution in [0.5, 0.6) is 0 Å². The van der Waals surface area contributed by atoms with Crippen molar-refractivity contribution >= 4 is 22.4 Å². The molecule has 2 N–H and O–H groups in total. The van der Waals surface area contributed by atoms with Gasteiger partial charge in [0, 0.05) is 58.2 Å². The van der Waals surface area contributed by atoms with Gasteiger partial charge < -0.3 is 20.3 Å². The van der Waals surface area contributed by atoms with E-state index >= 15 is 0 Å². The number of hydrogen-bond donors (Lipinski definition) is 2. The van der Waals surface area contributed by atoms with E-state index in [1.165, 1.54) is 42.9 Å². The first-order valence-corrected chi connectivity index (χ1v) is 11.3. The highest BCUT2D eigenvalue weighted by Crippen LogP contribution is 2.44. The summed E-state index contributed by atoms with van der Waals surface area (Å²) in [5.41, 5.74) is 1.54. The van der Waals surface area contributed by atoms with Gasteiger partial charge in [0.15, 0.2) is 11.1 Å². The predicted molar refractivity (Wildman–Crippen MR) is 114 cm³/mol. The molecule has 0 bridgehead atoms. The van der Waals surface area contributed by atoms with Crippen LogP contribution in [0.3, 0.4) is 0 Å². The molecule has 0 atom stereocenters. The number of rotatable bonds is 10. The number of guanidine groups is 1. The highest BCUT2D eigenvalue weighted by atomic mass is 32.1. The third kappa shape index (κ3) is 5.82. The van der Waals surface area contributed by atoms with Gasteiger partial charge in [-0.3, -0.25) is 4.99 Å². The molecule has 7 heteroatoms. The average Bonchev–Trinajstić information content (AvgIpc) is 3.32. The molecule has 0 unspecified atom stereocenters. The number of ether oxygens (including phenoxy) is 1. The summed E-state index contributed by atoms with van der Waals surface area (Å²) in [7, 11) is 1.79. The minimum absolute atomic E-state index is 0.359. The molecule has 1 saturated heterocycles. The van der Waals surface area contributed by atoms with Crippen molar-refractivity contribution in [1.82, 2.24) is 15.6 Å². The van der Waals surface area contributed by atoms with Gasteiger partial charge in [-0.05, 0) is 44.4 Å². The Bertz CT molecular complexity index is 593. The Morgan fingerprint density at radius 2 is 2.11 bits per heavy atom. The number of nitrogens with one attached hydrogen (secondary N) is 2. The predicted octanol–water partition coefficient (Wildman–Crippen LogP) is 3.05. The fourth-order valence-electron chi connectivity index (χ4n) is 3.84. The molecule has 0 aromatic carbocycles. The molecule has 6 nitrogen and oxygen atoms in total. The lowest BCUT2D eigenvalue weighted by Gasteiger charge is -2.40. The van der Waals surface area contributed by atoms with E-state index in [0.717, 1.165) is 58.1 Å². The summed E-state index contributed by atoms with van der Waals surface area (Å²) in [4.78, 5) is 12.1. The van der Waals surface area contributed by atoms with Crippen molar-refractivity contribution in [2.75, 3.05) is 51.3 Å². The average molecular weight is 394 g/mol. The first kappa shape index (κ1) is 20.4. The SMILES string of the molecule is CCNC(=NCC1(CCOC)CCC1)NCCc1csc(N2CCCC2)n1. The molecule has 0 spiro atoms. The van der Waals surface area contributed by atoms with Crippen LogP contribution in [-0.2, 0) is 11.2 Å². The summed E-state index contributed by atoms with van der Waals surface area (Å²) >= 11 is 1.78. The third-order valence-corrected chi connectivity index (χ3v) is 6.71. The number of thiazole rings is 1. The number of aliphatic imine (C=N–C) groups is 1. The Morgan fingerprint density at radius 3 is 2.78 bits per heavy atom. The molecule has 1 aromatic heterocycles. The summed E-state index contributed by atoms with van der Waals surface area (Å²) in [6.45, 7) is 7.90. The van der Waals surface area contributed by atoms with Crippen molar-refractivity contribution in [2.24, 2.45) is 10.4 Å². The van der Waals surface area contributed by atoms with E-state index in [1.807, 2.05) is 0 Å². The molecule has 152 valence electrons. The van der Waals surface area contributed by atoms with Crippen molar-refractivity contribution in [2.45, 2.75) is 51.9 Å². The Morgan fingerprint density at radius 1 is 1.30 bits per heavy atom. The van der Waals surface area contributed by atoms with Crippen LogP contribution in [0.25, 0.3) is 0 Å². The van der Waals surface area contributed by atoms with E-state index in [1.54, 1.807) is 18.4 Å². The lowest BCUT2D eigenvalue weighted by atomic mass is 9.67. The quantitative estimate of drug-likeness (QED) is 0.473. The number of aromatic nitrogens is 1. The van der Waals surface area contributed by atoms with Crippen LogP contribution in [0.2, 0.25) is 0 Å². The normalized spacial score (nSPS) is 19.2. The zero-order valence-electron chi connectivity index (χ0n) is 16.9. The first-order valence-electron chi connectivity index (χ1n) is 10.5. The Labute approximate surface area is 167 Å². The molecule has 0 radical (unpaired) electrons. The van der Waals surface area contributed by atoms with Crippen LogP contribution < -0.4 is 15.5 Å². The molecule has 1 saturated carbocycles. The second-order valence-electron chi connectivity index (χ2n) is 7.78. The summed E-state index contributed by atoms with van der Waals surface area (Å²) in [6.07, 6.45) is 8.52. The lowest BCUT2D eigenvalue weighted by Crippen LogP contribution is -2.41. The zero-order chi connectivity index (χ0) is 19.0. The Hall–Kier alpha value is -1.34. The zero-order valence-corrected chi connectivity index (χ0v) is 17.7. The van der Waals surface area contributed by atoms with Gasteiger partial charge in [0.05, 0.1) is 5.69 Å². The minimum atomic E-state index is 0.359. The third-order valence-electron chi connectivity index (χ3n) is 5.76. The molecule has 1 aliphatic carbocycles. The first-order chi connectivity index (χ1) is 13.2. The smallest absolute Gasteiger partial charge is 0.191 e. The summed E-state index contributed by atoms with van der Waals surface area (Å²) in [6, 6.07) is 0. The largest absolute Gasteiger partial charge is 0.385 e. The van der Waals surface area contributed by atoms with Gasteiger partial charge in [-0.1, -0.05) is 6.42 Å². The molecule has 2 aliphatic rings. The number of hydrogen-bond acceptors (Lipinski definition) is 5.